The molecule has 25 heavy (non-hydrogen) atoms. The van der Waals surface area contributed by atoms with E-state index in [9.17, 15) is 13.2 Å². The lowest BCUT2D eigenvalue weighted by Crippen LogP contribution is -2.01. The van der Waals surface area contributed by atoms with Gasteiger partial charge in [-0.25, -0.2) is 8.42 Å². The normalized spacial score (nSPS) is 11.2. The fourth-order valence-electron chi connectivity index (χ4n) is 2.12. The maximum atomic E-state index is 12.4. The van der Waals surface area contributed by atoms with E-state index in [4.69, 9.17) is 20.8 Å². The molecule has 0 saturated heterocycles. The third kappa shape index (κ3) is 3.92. The summed E-state index contributed by atoms with van der Waals surface area (Å²) in [5, 5.41) is 0.374. The van der Waals surface area contributed by atoms with E-state index in [1.807, 2.05) is 12.1 Å². The van der Waals surface area contributed by atoms with Crippen molar-refractivity contribution in [2.45, 2.75) is 16.6 Å². The Morgan fingerprint density at radius 1 is 0.960 bits per heavy atom. The molecule has 1 heterocycles. The Balaban J connectivity index is 1.73. The summed E-state index contributed by atoms with van der Waals surface area (Å²) in [5.74, 6) is 0.489. The zero-order chi connectivity index (χ0) is 17.9. The van der Waals surface area contributed by atoms with Crippen molar-refractivity contribution >= 4 is 27.7 Å². The number of ether oxygens (including phenoxy) is 1. The lowest BCUT2D eigenvalue weighted by Gasteiger charge is -2.07. The largest absolute Gasteiger partial charge is 0.489 e. The van der Waals surface area contributed by atoms with Crippen molar-refractivity contribution in [1.29, 1.82) is 0 Å². The Labute approximate surface area is 149 Å². The van der Waals surface area contributed by atoms with Gasteiger partial charge in [0.25, 0.3) is 0 Å². The minimum atomic E-state index is -3.81. The van der Waals surface area contributed by atoms with Crippen LogP contribution in [0.4, 0.5) is 0 Å². The van der Waals surface area contributed by atoms with E-state index >= 15 is 0 Å². The highest BCUT2D eigenvalue weighted by Gasteiger charge is 2.21. The van der Waals surface area contributed by atoms with Crippen LogP contribution < -0.4 is 4.74 Å². The van der Waals surface area contributed by atoms with Crippen LogP contribution in [0.25, 0.3) is 0 Å². The highest BCUT2D eigenvalue weighted by atomic mass is 35.5. The molecule has 0 bridgehead atoms. The highest BCUT2D eigenvalue weighted by Crippen LogP contribution is 2.24. The minimum absolute atomic E-state index is 0.0403. The van der Waals surface area contributed by atoms with Gasteiger partial charge in [-0.2, -0.15) is 0 Å². The van der Waals surface area contributed by atoms with Crippen molar-refractivity contribution in [2.24, 2.45) is 0 Å². The molecule has 3 rings (SSSR count). The number of aldehydes is 1. The van der Waals surface area contributed by atoms with Gasteiger partial charge in [-0.1, -0.05) is 23.7 Å². The van der Waals surface area contributed by atoms with Crippen molar-refractivity contribution in [3.63, 3.8) is 0 Å². The van der Waals surface area contributed by atoms with Crippen LogP contribution in [0.2, 0.25) is 5.02 Å². The van der Waals surface area contributed by atoms with Crippen LogP contribution in [-0.2, 0) is 16.4 Å². The van der Waals surface area contributed by atoms with Gasteiger partial charge < -0.3 is 9.15 Å². The molecular formula is C18H13ClO5S. The molecule has 5 nitrogen and oxygen atoms in total. The quantitative estimate of drug-likeness (QED) is 0.604. The third-order valence-electron chi connectivity index (χ3n) is 3.44. The summed E-state index contributed by atoms with van der Waals surface area (Å²) in [4.78, 5) is 10.7. The zero-order valence-corrected chi connectivity index (χ0v) is 14.5. The number of rotatable bonds is 6. The average molecular weight is 377 g/mol. The Morgan fingerprint density at radius 3 is 2.24 bits per heavy atom. The van der Waals surface area contributed by atoms with Crippen LogP contribution >= 0.6 is 11.6 Å². The zero-order valence-electron chi connectivity index (χ0n) is 12.9. The van der Waals surface area contributed by atoms with E-state index in [-0.39, 0.29) is 15.7 Å². The van der Waals surface area contributed by atoms with E-state index in [1.54, 1.807) is 24.3 Å². The number of benzene rings is 2. The van der Waals surface area contributed by atoms with E-state index in [2.05, 4.69) is 0 Å². The van der Waals surface area contributed by atoms with Crippen molar-refractivity contribution in [3.8, 4) is 5.75 Å². The molecule has 0 aliphatic carbocycles. The lowest BCUT2D eigenvalue weighted by atomic mass is 10.2. The van der Waals surface area contributed by atoms with Crippen LogP contribution in [0.15, 0.2) is 75.1 Å². The van der Waals surface area contributed by atoms with Crippen LogP contribution in [0, 0.1) is 0 Å². The summed E-state index contributed by atoms with van der Waals surface area (Å²) in [5.41, 5.74) is 0.943. The van der Waals surface area contributed by atoms with E-state index in [0.717, 1.165) is 5.56 Å². The molecule has 3 aromatic rings. The Kier molecular flexibility index (Phi) is 4.92. The summed E-state index contributed by atoms with van der Waals surface area (Å²) >= 11 is 5.83. The van der Waals surface area contributed by atoms with Crippen LogP contribution in [0.5, 0.6) is 5.75 Å². The predicted octanol–water partition coefficient (Wildman–Crippen LogP) is 4.16. The van der Waals surface area contributed by atoms with Crippen molar-refractivity contribution in [1.82, 2.24) is 0 Å². The number of hydrogen-bond donors (Lipinski definition) is 0. The lowest BCUT2D eigenvalue weighted by molar-refractivity contribution is 0.109. The minimum Gasteiger partial charge on any atom is -0.489 e. The Hall–Kier alpha value is -2.57. The Bertz CT molecular complexity index is 973. The smallest absolute Gasteiger partial charge is 0.239 e. The molecule has 0 aliphatic rings. The summed E-state index contributed by atoms with van der Waals surface area (Å²) in [7, 11) is -3.81. The van der Waals surface area contributed by atoms with Crippen molar-refractivity contribution < 1.29 is 22.4 Å². The SMILES string of the molecule is O=Cc1ccc(S(=O)(=O)c2ccc(OCc3ccc(Cl)cc3)cc2)o1. The number of hydrogen-bond acceptors (Lipinski definition) is 5. The monoisotopic (exact) mass is 376 g/mol. The van der Waals surface area contributed by atoms with Gasteiger partial charge in [0.05, 0.1) is 4.90 Å². The molecular weight excluding hydrogens is 364 g/mol. The molecule has 0 spiro atoms. The first-order chi connectivity index (χ1) is 12.0. The second kappa shape index (κ2) is 7.13. The molecule has 128 valence electrons. The molecule has 0 unspecified atom stereocenters. The van der Waals surface area contributed by atoms with Gasteiger partial charge in [-0.15, -0.1) is 0 Å². The fourth-order valence-corrected chi connectivity index (χ4v) is 3.43. The van der Waals surface area contributed by atoms with Gasteiger partial charge in [-0.05, 0) is 54.1 Å². The molecule has 0 fully saturated rings. The molecule has 0 aliphatic heterocycles. The molecule has 0 atom stereocenters. The van der Waals surface area contributed by atoms with Crippen LogP contribution in [0.1, 0.15) is 16.1 Å². The molecule has 7 heteroatoms. The second-order valence-electron chi connectivity index (χ2n) is 5.16. The standard InChI is InChI=1S/C18H13ClO5S/c19-14-3-1-13(2-4-14)12-23-15-5-8-17(9-6-15)25(21,22)18-10-7-16(11-20)24-18/h1-11H,12H2. The van der Waals surface area contributed by atoms with E-state index in [1.165, 1.54) is 24.3 Å². The molecule has 0 N–H and O–H groups in total. The first kappa shape index (κ1) is 17.3. The number of furan rings is 1. The van der Waals surface area contributed by atoms with E-state index < -0.39 is 9.84 Å². The summed E-state index contributed by atoms with van der Waals surface area (Å²) in [6.45, 7) is 0.337. The molecule has 0 saturated carbocycles. The van der Waals surface area contributed by atoms with Gasteiger partial charge in [0.1, 0.15) is 12.4 Å². The van der Waals surface area contributed by atoms with Crippen molar-refractivity contribution in [3.05, 3.63) is 77.0 Å². The number of sulfone groups is 1. The Morgan fingerprint density at radius 2 is 1.64 bits per heavy atom. The molecule has 2 aromatic carbocycles. The van der Waals surface area contributed by atoms with Gasteiger partial charge in [0.15, 0.2) is 12.0 Å². The summed E-state index contributed by atoms with van der Waals surface area (Å²) in [6, 6.07) is 15.8. The van der Waals surface area contributed by atoms with Gasteiger partial charge in [0.2, 0.25) is 14.9 Å². The number of halogens is 1. The third-order valence-corrected chi connectivity index (χ3v) is 5.33. The molecule has 0 amide bonds. The number of carbonyl (C=O) groups is 1. The van der Waals surface area contributed by atoms with Gasteiger partial charge >= 0.3 is 0 Å². The highest BCUT2D eigenvalue weighted by molar-refractivity contribution is 7.91. The summed E-state index contributed by atoms with van der Waals surface area (Å²) < 4.78 is 35.5. The maximum Gasteiger partial charge on any atom is 0.239 e. The topological polar surface area (TPSA) is 73.6 Å². The van der Waals surface area contributed by atoms with Gasteiger partial charge in [-0.3, -0.25) is 4.79 Å². The van der Waals surface area contributed by atoms with E-state index in [0.29, 0.717) is 23.7 Å². The van der Waals surface area contributed by atoms with Gasteiger partial charge in [0, 0.05) is 5.02 Å². The average Bonchev–Trinajstić information content (AvgIpc) is 3.12. The van der Waals surface area contributed by atoms with Crippen LogP contribution in [0.3, 0.4) is 0 Å². The molecule has 1 aromatic heterocycles. The summed E-state index contributed by atoms with van der Waals surface area (Å²) in [6.07, 6.45) is 0.451. The molecule has 0 radical (unpaired) electrons. The van der Waals surface area contributed by atoms with Crippen molar-refractivity contribution in [2.75, 3.05) is 0 Å². The fraction of sp³-hybridized carbons (Fsp3) is 0.0556. The first-order valence-corrected chi connectivity index (χ1v) is 9.12. The first-order valence-electron chi connectivity index (χ1n) is 7.26. The maximum absolute atomic E-state index is 12.4. The van der Waals surface area contributed by atoms with Crippen LogP contribution in [-0.4, -0.2) is 14.7 Å². The predicted molar refractivity (Wildman–Crippen MR) is 91.8 cm³/mol. The second-order valence-corrected chi connectivity index (χ2v) is 7.48. The number of carbonyl (C=O) groups excluding carboxylic acids is 1.